The van der Waals surface area contributed by atoms with Gasteiger partial charge in [0.2, 0.25) is 10.0 Å². The van der Waals surface area contributed by atoms with Crippen LogP contribution in [0.1, 0.15) is 31.4 Å². The number of nitrogens with zero attached hydrogens (tertiary/aromatic N) is 1. The van der Waals surface area contributed by atoms with Gasteiger partial charge in [-0.1, -0.05) is 38.1 Å². The predicted octanol–water partition coefficient (Wildman–Crippen LogP) is 2.19. The summed E-state index contributed by atoms with van der Waals surface area (Å²) in [5.41, 5.74) is 7.40. The Morgan fingerprint density at radius 3 is 2.43 bits per heavy atom. The molecule has 0 radical (unpaired) electrons. The molecule has 0 aromatic heterocycles. The SMILES string of the molecule is CC1(C)CCN(S(=O)(=O)Cc2ccc(CN)cc2)CCS1. The van der Waals surface area contributed by atoms with Gasteiger partial charge < -0.3 is 5.73 Å². The molecule has 1 aliphatic heterocycles. The lowest BCUT2D eigenvalue weighted by Crippen LogP contribution is -2.34. The molecule has 1 aliphatic rings. The van der Waals surface area contributed by atoms with Gasteiger partial charge in [0.05, 0.1) is 5.75 Å². The Bertz CT molecular complexity index is 568. The fourth-order valence-corrected chi connectivity index (χ4v) is 5.10. The maximum atomic E-state index is 12.6. The van der Waals surface area contributed by atoms with E-state index in [-0.39, 0.29) is 10.5 Å². The van der Waals surface area contributed by atoms with E-state index in [2.05, 4.69) is 13.8 Å². The van der Waals surface area contributed by atoms with Gasteiger partial charge in [-0.3, -0.25) is 0 Å². The highest BCUT2D eigenvalue weighted by Crippen LogP contribution is 2.31. The zero-order valence-corrected chi connectivity index (χ0v) is 14.3. The second-order valence-corrected chi connectivity index (χ2v) is 9.81. The first kappa shape index (κ1) is 16.8. The van der Waals surface area contributed by atoms with Gasteiger partial charge in [-0.15, -0.1) is 0 Å². The highest BCUT2D eigenvalue weighted by molar-refractivity contribution is 8.00. The molecule has 1 aromatic carbocycles. The maximum absolute atomic E-state index is 12.6. The van der Waals surface area contributed by atoms with Crippen LogP contribution in [-0.4, -0.2) is 36.3 Å². The van der Waals surface area contributed by atoms with E-state index in [0.29, 0.717) is 19.6 Å². The third-order valence-corrected chi connectivity index (χ3v) is 7.02. The smallest absolute Gasteiger partial charge is 0.218 e. The van der Waals surface area contributed by atoms with Crippen molar-refractivity contribution in [3.8, 4) is 0 Å². The van der Waals surface area contributed by atoms with Crippen LogP contribution in [0.4, 0.5) is 0 Å². The van der Waals surface area contributed by atoms with Gasteiger partial charge in [0.1, 0.15) is 0 Å². The van der Waals surface area contributed by atoms with Crippen LogP contribution in [0.25, 0.3) is 0 Å². The summed E-state index contributed by atoms with van der Waals surface area (Å²) in [6, 6.07) is 7.50. The van der Waals surface area contributed by atoms with E-state index in [9.17, 15) is 8.42 Å². The molecule has 0 saturated carbocycles. The summed E-state index contributed by atoms with van der Waals surface area (Å²) in [6.45, 7) is 6.06. The summed E-state index contributed by atoms with van der Waals surface area (Å²) in [4.78, 5) is 0. The van der Waals surface area contributed by atoms with Crippen molar-refractivity contribution in [2.24, 2.45) is 5.73 Å². The monoisotopic (exact) mass is 328 g/mol. The van der Waals surface area contributed by atoms with Crippen LogP contribution < -0.4 is 5.73 Å². The molecule has 0 spiro atoms. The minimum Gasteiger partial charge on any atom is -0.326 e. The second-order valence-electron chi connectivity index (χ2n) is 6.03. The van der Waals surface area contributed by atoms with E-state index in [0.717, 1.165) is 23.3 Å². The van der Waals surface area contributed by atoms with Crippen molar-refractivity contribution in [2.75, 3.05) is 18.8 Å². The van der Waals surface area contributed by atoms with Gasteiger partial charge in [-0.05, 0) is 17.5 Å². The number of hydrogen-bond donors (Lipinski definition) is 1. The van der Waals surface area contributed by atoms with E-state index in [1.807, 2.05) is 36.0 Å². The molecule has 2 rings (SSSR count). The molecule has 4 nitrogen and oxygen atoms in total. The lowest BCUT2D eigenvalue weighted by Gasteiger charge is -2.22. The molecule has 2 N–H and O–H groups in total. The van der Waals surface area contributed by atoms with Crippen LogP contribution in [0, 0.1) is 0 Å². The Kier molecular flexibility index (Phi) is 5.35. The van der Waals surface area contributed by atoms with E-state index >= 15 is 0 Å². The lowest BCUT2D eigenvalue weighted by molar-refractivity contribution is 0.415. The topological polar surface area (TPSA) is 63.4 Å². The highest BCUT2D eigenvalue weighted by Gasteiger charge is 2.29. The predicted molar refractivity (Wildman–Crippen MR) is 89.7 cm³/mol. The van der Waals surface area contributed by atoms with Crippen LogP contribution in [0.3, 0.4) is 0 Å². The molecule has 1 saturated heterocycles. The van der Waals surface area contributed by atoms with Crippen LogP contribution >= 0.6 is 11.8 Å². The molecule has 0 bridgehead atoms. The Balaban J connectivity index is 2.06. The molecule has 21 heavy (non-hydrogen) atoms. The molecule has 0 unspecified atom stereocenters. The Hall–Kier alpha value is -0.560. The van der Waals surface area contributed by atoms with Gasteiger partial charge in [0.15, 0.2) is 0 Å². The van der Waals surface area contributed by atoms with Crippen molar-refractivity contribution in [3.63, 3.8) is 0 Å². The zero-order valence-electron chi connectivity index (χ0n) is 12.7. The van der Waals surface area contributed by atoms with Crippen molar-refractivity contribution < 1.29 is 8.42 Å². The summed E-state index contributed by atoms with van der Waals surface area (Å²) in [5, 5.41) is 0. The van der Waals surface area contributed by atoms with Crippen LogP contribution in [0.15, 0.2) is 24.3 Å². The van der Waals surface area contributed by atoms with Crippen molar-refractivity contribution in [2.45, 2.75) is 37.3 Å². The van der Waals surface area contributed by atoms with Crippen LogP contribution in [-0.2, 0) is 22.3 Å². The van der Waals surface area contributed by atoms with Crippen molar-refractivity contribution in [1.82, 2.24) is 4.31 Å². The van der Waals surface area contributed by atoms with Crippen molar-refractivity contribution in [1.29, 1.82) is 0 Å². The number of benzene rings is 1. The van der Waals surface area contributed by atoms with Gasteiger partial charge >= 0.3 is 0 Å². The second kappa shape index (κ2) is 6.69. The van der Waals surface area contributed by atoms with Crippen molar-refractivity contribution >= 4 is 21.8 Å². The van der Waals surface area contributed by atoms with Gasteiger partial charge in [-0.25, -0.2) is 12.7 Å². The third-order valence-electron chi connectivity index (χ3n) is 3.80. The first-order valence-corrected chi connectivity index (χ1v) is 9.81. The molecule has 0 atom stereocenters. The Morgan fingerprint density at radius 2 is 1.81 bits per heavy atom. The number of nitrogens with two attached hydrogens (primary N) is 1. The minimum absolute atomic E-state index is 0.0724. The number of rotatable bonds is 4. The summed E-state index contributed by atoms with van der Waals surface area (Å²) in [6.07, 6.45) is 0.892. The van der Waals surface area contributed by atoms with Gasteiger partial charge in [0.25, 0.3) is 0 Å². The lowest BCUT2D eigenvalue weighted by atomic mass is 10.1. The van der Waals surface area contributed by atoms with Crippen LogP contribution in [0.2, 0.25) is 0 Å². The molecular weight excluding hydrogens is 304 g/mol. The first-order chi connectivity index (χ1) is 9.82. The fourth-order valence-electron chi connectivity index (χ4n) is 2.35. The maximum Gasteiger partial charge on any atom is 0.218 e. The van der Waals surface area contributed by atoms with Crippen molar-refractivity contribution in [3.05, 3.63) is 35.4 Å². The average Bonchev–Trinajstić information content (AvgIpc) is 2.60. The highest BCUT2D eigenvalue weighted by atomic mass is 32.2. The Morgan fingerprint density at radius 1 is 1.19 bits per heavy atom. The molecular formula is C15H24N2O2S2. The summed E-state index contributed by atoms with van der Waals surface area (Å²) < 4.78 is 26.9. The first-order valence-electron chi connectivity index (χ1n) is 7.22. The van der Waals surface area contributed by atoms with Gasteiger partial charge in [-0.2, -0.15) is 11.8 Å². The summed E-state index contributed by atoms with van der Waals surface area (Å²) in [7, 11) is -3.24. The van der Waals surface area contributed by atoms with E-state index in [1.54, 1.807) is 4.31 Å². The molecule has 118 valence electrons. The Labute approximate surface area is 132 Å². The number of sulfonamides is 1. The van der Waals surface area contributed by atoms with E-state index < -0.39 is 10.0 Å². The number of thioether (sulfide) groups is 1. The van der Waals surface area contributed by atoms with Crippen LogP contribution in [0.5, 0.6) is 0 Å². The number of hydrogen-bond acceptors (Lipinski definition) is 4. The quantitative estimate of drug-likeness (QED) is 0.920. The fraction of sp³-hybridized carbons (Fsp3) is 0.600. The standard InChI is InChI=1S/C15H24N2O2S2/c1-15(2)7-8-17(9-10-20-15)21(18,19)12-14-5-3-13(11-16)4-6-14/h3-6H,7-12,16H2,1-2H3. The normalized spacial score (nSPS) is 20.1. The largest absolute Gasteiger partial charge is 0.326 e. The minimum atomic E-state index is -3.24. The van der Waals surface area contributed by atoms with Gasteiger partial charge in [0, 0.05) is 30.1 Å². The summed E-state index contributed by atoms with van der Waals surface area (Å²) >= 11 is 1.85. The molecule has 1 heterocycles. The molecule has 1 aromatic rings. The molecule has 0 amide bonds. The third kappa shape index (κ3) is 4.71. The molecule has 6 heteroatoms. The summed E-state index contributed by atoms with van der Waals surface area (Å²) in [5.74, 6) is 0.932. The van der Waals surface area contributed by atoms with E-state index in [4.69, 9.17) is 5.73 Å². The average molecular weight is 329 g/mol. The molecule has 0 aliphatic carbocycles. The molecule has 1 fully saturated rings. The van der Waals surface area contributed by atoms with E-state index in [1.165, 1.54) is 0 Å². The zero-order chi connectivity index (χ0) is 15.5.